The van der Waals surface area contributed by atoms with Crippen molar-refractivity contribution in [1.29, 1.82) is 0 Å². The number of rotatable bonds is 4. The molecule has 2 atom stereocenters. The first-order valence-corrected chi connectivity index (χ1v) is 10.8. The second-order valence-electron chi connectivity index (χ2n) is 8.03. The number of hydrogen-bond donors (Lipinski definition) is 1. The van der Waals surface area contributed by atoms with Crippen molar-refractivity contribution < 1.29 is 14.3 Å². The maximum Gasteiger partial charge on any atom is 0.326 e. The van der Waals surface area contributed by atoms with E-state index < -0.39 is 6.03 Å². The Morgan fingerprint density at radius 3 is 2.32 bits per heavy atom. The Morgan fingerprint density at radius 1 is 0.968 bits per heavy atom. The molecule has 10 heteroatoms. The zero-order chi connectivity index (χ0) is 21.2. The molecule has 1 aromatic carbocycles. The van der Waals surface area contributed by atoms with Crippen molar-refractivity contribution in [1.82, 2.24) is 15.0 Å². The van der Waals surface area contributed by atoms with Gasteiger partial charge in [0.1, 0.15) is 0 Å². The maximum absolute atomic E-state index is 12.5. The number of nitrogens with zero attached hydrogens (tertiary/aromatic N) is 6. The van der Waals surface area contributed by atoms with Gasteiger partial charge in [-0.3, -0.25) is 0 Å². The summed E-state index contributed by atoms with van der Waals surface area (Å²) in [6.07, 6.45) is 3.23. The molecule has 2 unspecified atom stereocenters. The Morgan fingerprint density at radius 2 is 1.65 bits per heavy atom. The third-order valence-electron chi connectivity index (χ3n) is 6.04. The summed E-state index contributed by atoms with van der Waals surface area (Å²) in [4.78, 5) is 32.4. The number of carbonyl (C=O) groups is 1. The van der Waals surface area contributed by atoms with Gasteiger partial charge in [-0.2, -0.15) is 15.0 Å². The molecule has 3 aliphatic rings. The fraction of sp³-hybridized carbons (Fsp3) is 0.524. The second-order valence-corrected chi connectivity index (χ2v) is 8.03. The van der Waals surface area contributed by atoms with E-state index in [1.165, 1.54) is 11.3 Å². The molecule has 0 spiro atoms. The average molecular weight is 425 g/mol. The van der Waals surface area contributed by atoms with Gasteiger partial charge >= 0.3 is 6.03 Å². The number of benzene rings is 1. The number of aromatic nitrogens is 3. The van der Waals surface area contributed by atoms with Crippen LogP contribution in [0.4, 0.5) is 28.3 Å². The average Bonchev–Trinajstić information content (AvgIpc) is 2.79. The molecule has 0 radical (unpaired) electrons. The van der Waals surface area contributed by atoms with Crippen molar-refractivity contribution in [3.8, 4) is 0 Å². The first-order chi connectivity index (χ1) is 15.2. The number of fused-ring (bicyclic) bond motifs is 2. The van der Waals surface area contributed by atoms with Crippen LogP contribution in [0, 0.1) is 0 Å². The fourth-order valence-electron chi connectivity index (χ4n) is 4.54. The van der Waals surface area contributed by atoms with Gasteiger partial charge < -0.3 is 25.0 Å². The molecule has 3 aliphatic heterocycles. The van der Waals surface area contributed by atoms with Crippen LogP contribution < -0.4 is 20.4 Å². The summed E-state index contributed by atoms with van der Waals surface area (Å²) in [5.74, 6) is 1.34. The molecule has 164 valence electrons. The van der Waals surface area contributed by atoms with Crippen LogP contribution in [0.15, 0.2) is 30.3 Å². The molecule has 2 N–H and O–H groups in total. The Balaban J connectivity index is 1.60. The van der Waals surface area contributed by atoms with Gasteiger partial charge in [0.2, 0.25) is 17.8 Å². The van der Waals surface area contributed by atoms with Gasteiger partial charge in [0, 0.05) is 13.1 Å². The molecular formula is C21H27N7O3. The summed E-state index contributed by atoms with van der Waals surface area (Å²) in [5.41, 5.74) is 6.38. The molecule has 2 aromatic rings. The highest BCUT2D eigenvalue weighted by atomic mass is 16.5. The van der Waals surface area contributed by atoms with Gasteiger partial charge in [-0.1, -0.05) is 18.2 Å². The van der Waals surface area contributed by atoms with Crippen LogP contribution in [0.5, 0.6) is 0 Å². The number of carbonyl (C=O) groups excluding carboxylic acids is 1. The quantitative estimate of drug-likeness (QED) is 0.788. The number of primary amides is 1. The minimum absolute atomic E-state index is 0.221. The van der Waals surface area contributed by atoms with Crippen LogP contribution in [-0.4, -0.2) is 72.6 Å². The SMILES string of the molecule is NC(=O)N(c1ccccc1)c1nc(N2CCOCC2)nc(N2C3CCCC2COC3)n1. The molecule has 3 saturated heterocycles. The van der Waals surface area contributed by atoms with Crippen LogP contribution in [0.25, 0.3) is 0 Å². The van der Waals surface area contributed by atoms with Gasteiger partial charge in [-0.15, -0.1) is 0 Å². The van der Waals surface area contributed by atoms with E-state index in [1.54, 1.807) is 0 Å². The summed E-state index contributed by atoms with van der Waals surface area (Å²) in [6.45, 7) is 3.89. The summed E-state index contributed by atoms with van der Waals surface area (Å²) in [7, 11) is 0. The highest BCUT2D eigenvalue weighted by Gasteiger charge is 2.37. The van der Waals surface area contributed by atoms with Crippen LogP contribution in [-0.2, 0) is 9.47 Å². The smallest absolute Gasteiger partial charge is 0.326 e. The number of anilines is 4. The minimum Gasteiger partial charge on any atom is -0.378 e. The second kappa shape index (κ2) is 8.64. The predicted octanol–water partition coefficient (Wildman–Crippen LogP) is 1.68. The molecule has 2 amide bonds. The van der Waals surface area contributed by atoms with Crippen molar-refractivity contribution in [2.24, 2.45) is 5.73 Å². The van der Waals surface area contributed by atoms with Crippen LogP contribution >= 0.6 is 0 Å². The Labute approximate surface area is 181 Å². The summed E-state index contributed by atoms with van der Waals surface area (Å²) < 4.78 is 11.3. The standard InChI is InChI=1S/C21H27N7O3/c22-18(29)28(15-5-2-1-3-6-15)21-24-19(26-9-11-30-12-10-26)23-20(25-21)27-16-7-4-8-17(27)14-31-13-16/h1-3,5-6,16-17H,4,7-14H2,(H2,22,29). The normalized spacial score (nSPS) is 23.5. The van der Waals surface area contributed by atoms with E-state index in [2.05, 4.69) is 14.8 Å². The van der Waals surface area contributed by atoms with Crippen molar-refractivity contribution >= 4 is 29.6 Å². The van der Waals surface area contributed by atoms with Gasteiger partial charge in [0.15, 0.2) is 0 Å². The van der Waals surface area contributed by atoms with E-state index in [9.17, 15) is 4.79 Å². The van der Waals surface area contributed by atoms with Gasteiger partial charge in [-0.25, -0.2) is 9.69 Å². The van der Waals surface area contributed by atoms with Gasteiger partial charge in [-0.05, 0) is 31.4 Å². The van der Waals surface area contributed by atoms with Crippen molar-refractivity contribution in [3.05, 3.63) is 30.3 Å². The van der Waals surface area contributed by atoms with E-state index in [1.807, 2.05) is 30.3 Å². The number of urea groups is 1. The molecule has 4 heterocycles. The molecule has 2 bridgehead atoms. The van der Waals surface area contributed by atoms with Gasteiger partial charge in [0.05, 0.1) is 44.2 Å². The van der Waals surface area contributed by atoms with Crippen molar-refractivity contribution in [2.75, 3.05) is 54.2 Å². The summed E-state index contributed by atoms with van der Waals surface area (Å²) >= 11 is 0. The van der Waals surface area contributed by atoms with E-state index >= 15 is 0 Å². The summed E-state index contributed by atoms with van der Waals surface area (Å²) in [5, 5.41) is 0. The minimum atomic E-state index is -0.640. The predicted molar refractivity (Wildman–Crippen MR) is 116 cm³/mol. The molecule has 0 saturated carbocycles. The van der Waals surface area contributed by atoms with E-state index in [4.69, 9.17) is 25.2 Å². The van der Waals surface area contributed by atoms with Crippen molar-refractivity contribution in [2.45, 2.75) is 31.3 Å². The fourth-order valence-corrected chi connectivity index (χ4v) is 4.54. The van der Waals surface area contributed by atoms with Crippen LogP contribution in [0.1, 0.15) is 19.3 Å². The van der Waals surface area contributed by atoms with Gasteiger partial charge in [0.25, 0.3) is 0 Å². The molecule has 1 aromatic heterocycles. The lowest BCUT2D eigenvalue weighted by Crippen LogP contribution is -2.56. The van der Waals surface area contributed by atoms with Crippen LogP contribution in [0.3, 0.4) is 0 Å². The topological polar surface area (TPSA) is 110 Å². The monoisotopic (exact) mass is 425 g/mol. The number of para-hydroxylation sites is 1. The zero-order valence-electron chi connectivity index (χ0n) is 17.4. The number of piperidine rings is 1. The van der Waals surface area contributed by atoms with Crippen LogP contribution in [0.2, 0.25) is 0 Å². The van der Waals surface area contributed by atoms with Crippen molar-refractivity contribution in [3.63, 3.8) is 0 Å². The number of nitrogens with two attached hydrogens (primary N) is 1. The molecule has 10 nitrogen and oxygen atoms in total. The maximum atomic E-state index is 12.5. The molecule has 0 aliphatic carbocycles. The highest BCUT2D eigenvalue weighted by Crippen LogP contribution is 2.33. The first kappa shape index (κ1) is 20.0. The molecule has 5 rings (SSSR count). The molecular weight excluding hydrogens is 398 g/mol. The Kier molecular flexibility index (Phi) is 5.56. The zero-order valence-corrected chi connectivity index (χ0v) is 17.4. The van der Waals surface area contributed by atoms with E-state index in [0.717, 1.165) is 12.8 Å². The van der Waals surface area contributed by atoms with E-state index in [-0.39, 0.29) is 18.0 Å². The van der Waals surface area contributed by atoms with E-state index in [0.29, 0.717) is 57.1 Å². The lowest BCUT2D eigenvalue weighted by molar-refractivity contribution is 0.0452. The lowest BCUT2D eigenvalue weighted by Gasteiger charge is -2.46. The molecule has 31 heavy (non-hydrogen) atoms. The first-order valence-electron chi connectivity index (χ1n) is 10.8. The third kappa shape index (κ3) is 4.00. The third-order valence-corrected chi connectivity index (χ3v) is 6.04. The molecule has 3 fully saturated rings. The Bertz CT molecular complexity index is 900. The largest absolute Gasteiger partial charge is 0.378 e. The number of ether oxygens (including phenoxy) is 2. The summed E-state index contributed by atoms with van der Waals surface area (Å²) in [6, 6.07) is 9.01. The highest BCUT2D eigenvalue weighted by molar-refractivity contribution is 5.96. The Hall–Kier alpha value is -2.98. The number of amides is 2. The lowest BCUT2D eigenvalue weighted by atomic mass is 9.95. The number of hydrogen-bond acceptors (Lipinski definition) is 8. The number of morpholine rings is 2.